The van der Waals surface area contributed by atoms with Gasteiger partial charge in [-0.2, -0.15) is 0 Å². The van der Waals surface area contributed by atoms with E-state index in [0.717, 1.165) is 12.8 Å². The number of unbranched alkanes of at least 4 members (excludes halogenated alkanes) is 1. The molecule has 0 rings (SSSR count). The predicted molar refractivity (Wildman–Crippen MR) is 33.5 cm³/mol. The van der Waals surface area contributed by atoms with Gasteiger partial charge in [-0.3, -0.25) is 0 Å². The van der Waals surface area contributed by atoms with Crippen LogP contribution in [0.1, 0.15) is 23.9 Å². The molecule has 0 radical (unpaired) electrons. The third-order valence-electron chi connectivity index (χ3n) is 0.847. The van der Waals surface area contributed by atoms with E-state index in [1.807, 2.05) is 6.92 Å². The minimum atomic E-state index is -1.91. The van der Waals surface area contributed by atoms with Gasteiger partial charge in [-0.25, -0.2) is 0 Å². The zero-order chi connectivity index (χ0) is 8.20. The molecule has 1 heteroatoms. The van der Waals surface area contributed by atoms with E-state index in [-0.39, 0.29) is 0 Å². The smallest absolute Gasteiger partial charge is 0.0394 e. The molecule has 0 saturated carbocycles. The highest BCUT2D eigenvalue weighted by Gasteiger charge is 1.83. The van der Waals surface area contributed by atoms with Crippen LogP contribution in [0.4, 0.5) is 0 Å². The second-order valence-corrected chi connectivity index (χ2v) is 1.78. The maximum absolute atomic E-state index is 6.98. The van der Waals surface area contributed by atoms with Crippen LogP contribution in [-0.2, 0) is 0 Å². The summed E-state index contributed by atoms with van der Waals surface area (Å²) in [5, 5.41) is 0. The molecular weight excluding hydrogens is 86.1 g/mol. The Morgan fingerprint density at radius 2 is 2.43 bits per heavy atom. The van der Waals surface area contributed by atoms with Crippen molar-refractivity contribution in [2.24, 2.45) is 0 Å². The van der Waals surface area contributed by atoms with Crippen molar-refractivity contribution in [3.63, 3.8) is 0 Å². The number of hydrogen-bond donors (Lipinski definition) is 0. The van der Waals surface area contributed by atoms with E-state index in [1.54, 1.807) is 7.05 Å². The summed E-state index contributed by atoms with van der Waals surface area (Å²) in [6.45, 7) is 0.801. The minimum Gasteiger partial charge on any atom is -0.309 e. The van der Waals surface area contributed by atoms with Crippen molar-refractivity contribution in [3.8, 4) is 0 Å². The van der Waals surface area contributed by atoms with Gasteiger partial charge in [0.15, 0.2) is 0 Å². The van der Waals surface area contributed by atoms with Crippen molar-refractivity contribution < 1.29 is 4.11 Å². The van der Waals surface area contributed by atoms with Gasteiger partial charge in [0.2, 0.25) is 0 Å². The lowest BCUT2D eigenvalue weighted by Crippen LogP contribution is -2.12. The molecule has 0 spiro atoms. The Morgan fingerprint density at radius 3 is 2.86 bits per heavy atom. The number of nitrogens with zero attached hydrogens (tertiary/aromatic N) is 1. The fourth-order valence-electron chi connectivity index (χ4n) is 0.395. The summed E-state index contributed by atoms with van der Waals surface area (Å²) in [5.41, 5.74) is 0. The Hall–Kier alpha value is -0.0400. The molecule has 0 heterocycles. The summed E-state index contributed by atoms with van der Waals surface area (Å²) in [7, 11) is 1.63. The highest BCUT2D eigenvalue weighted by molar-refractivity contribution is 4.39. The first kappa shape index (κ1) is 3.08. The molecule has 0 aromatic carbocycles. The first-order chi connectivity index (χ1) is 4.48. The Morgan fingerprint density at radius 1 is 1.71 bits per heavy atom. The molecule has 0 amide bonds. The molecule has 0 unspecified atom stereocenters. The van der Waals surface area contributed by atoms with Crippen molar-refractivity contribution in [1.82, 2.24) is 4.90 Å². The monoisotopic (exact) mass is 104 g/mol. The van der Waals surface area contributed by atoms with Crippen LogP contribution in [0.3, 0.4) is 0 Å². The molecule has 0 aliphatic rings. The lowest BCUT2D eigenvalue weighted by Gasteiger charge is -2.05. The van der Waals surface area contributed by atoms with Gasteiger partial charge < -0.3 is 4.90 Å². The number of rotatable bonds is 3. The van der Waals surface area contributed by atoms with Crippen molar-refractivity contribution >= 4 is 0 Å². The number of hydrogen-bond acceptors (Lipinski definition) is 1. The van der Waals surface area contributed by atoms with E-state index >= 15 is 0 Å². The Labute approximate surface area is 50.5 Å². The maximum Gasteiger partial charge on any atom is 0.0394 e. The van der Waals surface area contributed by atoms with Gasteiger partial charge in [0.05, 0.1) is 0 Å². The maximum atomic E-state index is 6.98. The largest absolute Gasteiger partial charge is 0.309 e. The van der Waals surface area contributed by atoms with Crippen molar-refractivity contribution in [1.29, 1.82) is 0 Å². The SMILES string of the molecule is [2H]C([2H])([2H])N(C)CCCC. The molecule has 44 valence electrons. The second-order valence-electron chi connectivity index (χ2n) is 1.78. The van der Waals surface area contributed by atoms with Crippen molar-refractivity contribution in [2.75, 3.05) is 20.6 Å². The lowest BCUT2D eigenvalue weighted by atomic mass is 10.3. The molecule has 0 N–H and O–H groups in total. The van der Waals surface area contributed by atoms with Crippen LogP contribution in [-0.4, -0.2) is 25.5 Å². The van der Waals surface area contributed by atoms with E-state index in [2.05, 4.69) is 0 Å². The van der Waals surface area contributed by atoms with Gasteiger partial charge in [-0.1, -0.05) is 13.3 Å². The van der Waals surface area contributed by atoms with Gasteiger partial charge in [-0.05, 0) is 27.0 Å². The zero-order valence-electron chi connectivity index (χ0n) is 8.07. The van der Waals surface area contributed by atoms with E-state index in [0.29, 0.717) is 6.54 Å². The Bertz CT molecular complexity index is 89.5. The molecule has 0 aliphatic heterocycles. The van der Waals surface area contributed by atoms with Crippen LogP contribution in [0.15, 0.2) is 0 Å². The van der Waals surface area contributed by atoms with Crippen LogP contribution in [0.2, 0.25) is 0 Å². The predicted octanol–water partition coefficient (Wildman–Crippen LogP) is 1.35. The van der Waals surface area contributed by atoms with Crippen LogP contribution >= 0.6 is 0 Å². The summed E-state index contributed by atoms with van der Waals surface area (Å²) >= 11 is 0. The molecule has 0 fully saturated rings. The minimum absolute atomic E-state index is 0.660. The highest BCUT2D eigenvalue weighted by atomic mass is 15.0. The molecule has 0 aromatic rings. The van der Waals surface area contributed by atoms with Gasteiger partial charge >= 0.3 is 0 Å². The standard InChI is InChI=1S/C6H15N/c1-4-5-6-7(2)3/h4-6H2,1-3H3/i2D3. The van der Waals surface area contributed by atoms with Crippen molar-refractivity contribution in [3.05, 3.63) is 0 Å². The van der Waals surface area contributed by atoms with E-state index in [9.17, 15) is 0 Å². The lowest BCUT2D eigenvalue weighted by molar-refractivity contribution is 0.398. The third kappa shape index (κ3) is 5.96. The molecular formula is C6H15N. The molecule has 0 aromatic heterocycles. The Balaban J connectivity index is 3.52. The van der Waals surface area contributed by atoms with Crippen LogP contribution in [0, 0.1) is 0 Å². The first-order valence-corrected chi connectivity index (χ1v) is 2.69. The van der Waals surface area contributed by atoms with Crippen LogP contribution < -0.4 is 0 Å². The molecule has 1 nitrogen and oxygen atoms in total. The topological polar surface area (TPSA) is 3.24 Å². The van der Waals surface area contributed by atoms with Gasteiger partial charge in [0.1, 0.15) is 0 Å². The van der Waals surface area contributed by atoms with Crippen LogP contribution in [0.5, 0.6) is 0 Å². The molecule has 7 heavy (non-hydrogen) atoms. The van der Waals surface area contributed by atoms with E-state index in [4.69, 9.17) is 4.11 Å². The summed E-state index contributed by atoms with van der Waals surface area (Å²) in [6.07, 6.45) is 2.00. The zero-order valence-corrected chi connectivity index (χ0v) is 5.07. The fraction of sp³-hybridized carbons (Fsp3) is 1.00. The van der Waals surface area contributed by atoms with Gasteiger partial charge in [0.25, 0.3) is 0 Å². The summed E-state index contributed by atoms with van der Waals surface area (Å²) < 4.78 is 20.9. The quantitative estimate of drug-likeness (QED) is 0.522. The average Bonchev–Trinajstić information content (AvgIpc) is 1.80. The van der Waals surface area contributed by atoms with Crippen LogP contribution in [0.25, 0.3) is 0 Å². The fourth-order valence-corrected chi connectivity index (χ4v) is 0.395. The summed E-state index contributed by atoms with van der Waals surface area (Å²) in [4.78, 5) is 1.40. The van der Waals surface area contributed by atoms with Gasteiger partial charge in [0, 0.05) is 4.11 Å². The Kier molecular flexibility index (Phi) is 1.82. The third-order valence-corrected chi connectivity index (χ3v) is 0.847. The van der Waals surface area contributed by atoms with Gasteiger partial charge in [-0.15, -0.1) is 0 Å². The summed E-state index contributed by atoms with van der Waals surface area (Å²) in [5.74, 6) is 0. The van der Waals surface area contributed by atoms with Crippen molar-refractivity contribution in [2.45, 2.75) is 19.8 Å². The molecule has 0 aliphatic carbocycles. The van der Waals surface area contributed by atoms with E-state index < -0.39 is 6.98 Å². The molecule has 0 saturated heterocycles. The normalized spacial score (nSPS) is 18.4. The average molecular weight is 104 g/mol. The molecule has 0 atom stereocenters. The first-order valence-electron chi connectivity index (χ1n) is 4.19. The highest BCUT2D eigenvalue weighted by Crippen LogP contribution is 1.86. The summed E-state index contributed by atoms with van der Waals surface area (Å²) in [6, 6.07) is 0. The molecule has 0 bridgehead atoms. The second kappa shape index (κ2) is 4.13. The van der Waals surface area contributed by atoms with E-state index in [1.165, 1.54) is 4.90 Å².